The summed E-state index contributed by atoms with van der Waals surface area (Å²) in [4.78, 5) is 10.3. The number of aromatic nitrogens is 2. The van der Waals surface area contributed by atoms with Crippen LogP contribution in [-0.2, 0) is 9.84 Å². The molecule has 32 heavy (non-hydrogen) atoms. The van der Waals surface area contributed by atoms with Crippen molar-refractivity contribution in [1.82, 2.24) is 9.97 Å². The number of nitrogens with one attached hydrogen (secondary N) is 1. The van der Waals surface area contributed by atoms with Gasteiger partial charge >= 0.3 is 0 Å². The maximum Gasteiger partial charge on any atom is 0.178 e. The number of nitrogens with zero attached hydrogens (tertiary/aromatic N) is 4. The Balaban J connectivity index is 1.74. The van der Waals surface area contributed by atoms with Crippen molar-refractivity contribution in [2.45, 2.75) is 4.90 Å². The molecule has 160 valence electrons. The molecule has 4 rings (SSSR count). The van der Waals surface area contributed by atoms with E-state index in [1.165, 1.54) is 0 Å². The Kier molecular flexibility index (Phi) is 6.28. The van der Waals surface area contributed by atoms with Crippen molar-refractivity contribution in [2.75, 3.05) is 12.3 Å². The van der Waals surface area contributed by atoms with Crippen LogP contribution in [-0.4, -0.2) is 30.7 Å². The van der Waals surface area contributed by atoms with Crippen LogP contribution in [0, 0.1) is 0 Å². The zero-order chi connectivity index (χ0) is 22.6. The molecule has 4 aromatic rings. The van der Waals surface area contributed by atoms with Crippen molar-refractivity contribution in [3.63, 3.8) is 0 Å². The van der Waals surface area contributed by atoms with Gasteiger partial charge in [0.1, 0.15) is 0 Å². The van der Waals surface area contributed by atoms with Gasteiger partial charge in [-0.3, -0.25) is 4.98 Å². The van der Waals surface area contributed by atoms with Gasteiger partial charge in [-0.2, -0.15) is 0 Å². The van der Waals surface area contributed by atoms with E-state index in [1.54, 1.807) is 36.7 Å². The average Bonchev–Trinajstić information content (AvgIpc) is 3.25. The first-order chi connectivity index (χ1) is 15.5. The largest absolute Gasteiger partial charge is 0.354 e. The molecule has 0 saturated heterocycles. The van der Waals surface area contributed by atoms with E-state index < -0.39 is 9.84 Å². The van der Waals surface area contributed by atoms with Gasteiger partial charge in [0.25, 0.3) is 0 Å². The van der Waals surface area contributed by atoms with Gasteiger partial charge < -0.3 is 4.98 Å². The third-order valence-corrected chi connectivity index (χ3v) is 6.92. The lowest BCUT2D eigenvalue weighted by molar-refractivity contribution is 0.596. The highest BCUT2D eigenvalue weighted by molar-refractivity contribution is 7.91. The molecule has 0 bridgehead atoms. The Hall–Kier alpha value is -3.58. The van der Waals surface area contributed by atoms with E-state index in [9.17, 15) is 8.42 Å². The molecule has 9 heteroatoms. The lowest BCUT2D eigenvalue weighted by Crippen LogP contribution is -2.08. The molecule has 0 atom stereocenters. The van der Waals surface area contributed by atoms with E-state index in [0.717, 1.165) is 33.6 Å². The summed E-state index contributed by atoms with van der Waals surface area (Å²) in [5.41, 5.74) is 13.8. The van der Waals surface area contributed by atoms with E-state index >= 15 is 0 Å². The van der Waals surface area contributed by atoms with Gasteiger partial charge in [0, 0.05) is 45.7 Å². The van der Waals surface area contributed by atoms with E-state index in [4.69, 9.17) is 17.1 Å². The summed E-state index contributed by atoms with van der Waals surface area (Å²) >= 11 is 6.22. The maximum atomic E-state index is 12.4. The summed E-state index contributed by atoms with van der Waals surface area (Å²) in [6.07, 6.45) is 3.47. The monoisotopic (exact) mass is 463 g/mol. The van der Waals surface area contributed by atoms with Gasteiger partial charge in [0.2, 0.25) is 0 Å². The Morgan fingerprint density at radius 2 is 1.72 bits per heavy atom. The summed E-state index contributed by atoms with van der Waals surface area (Å²) < 4.78 is 24.8. The van der Waals surface area contributed by atoms with Crippen LogP contribution in [0.1, 0.15) is 0 Å². The molecule has 0 aliphatic carbocycles. The molecule has 0 amide bonds. The van der Waals surface area contributed by atoms with Crippen molar-refractivity contribution >= 4 is 21.4 Å². The van der Waals surface area contributed by atoms with Crippen molar-refractivity contribution in [2.24, 2.45) is 5.11 Å². The number of H-pyrrole nitrogens is 1. The van der Waals surface area contributed by atoms with Crippen LogP contribution in [0.25, 0.3) is 44.1 Å². The van der Waals surface area contributed by atoms with Crippen LogP contribution in [0.2, 0.25) is 5.02 Å². The summed E-state index contributed by atoms with van der Waals surface area (Å²) in [6.45, 7) is -0.102. The zero-order valence-corrected chi connectivity index (χ0v) is 18.4. The third-order valence-electron chi connectivity index (χ3n) is 4.97. The molecule has 0 radical (unpaired) electrons. The van der Waals surface area contributed by atoms with Crippen molar-refractivity contribution in [1.29, 1.82) is 0 Å². The fourth-order valence-corrected chi connectivity index (χ4v) is 4.71. The highest BCUT2D eigenvalue weighted by Crippen LogP contribution is 2.36. The first-order valence-electron chi connectivity index (χ1n) is 9.71. The minimum atomic E-state index is -3.52. The number of benzene rings is 2. The summed E-state index contributed by atoms with van der Waals surface area (Å²) in [5, 5.41) is 3.94. The van der Waals surface area contributed by atoms with Gasteiger partial charge in [-0.15, -0.1) is 0 Å². The Morgan fingerprint density at radius 3 is 2.41 bits per heavy atom. The molecular formula is C23H18ClN5O2S. The first kappa shape index (κ1) is 21.6. The van der Waals surface area contributed by atoms with E-state index in [2.05, 4.69) is 20.0 Å². The lowest BCUT2D eigenvalue weighted by atomic mass is 10.0. The van der Waals surface area contributed by atoms with Gasteiger partial charge in [-0.25, -0.2) is 8.42 Å². The normalized spacial score (nSPS) is 11.2. The standard InChI is InChI=1S/C23H18ClN5O2S/c24-19-3-1-2-18(14-19)23-21(16-8-10-26-11-9-16)15-22(28-23)17-4-6-20(7-5-17)32(30,31)13-12-27-29-25/h1-11,14-15,28H,12-13H2. The summed E-state index contributed by atoms with van der Waals surface area (Å²) in [5.74, 6) is -0.232. The number of halogens is 1. The molecule has 0 unspecified atom stereocenters. The van der Waals surface area contributed by atoms with Crippen LogP contribution >= 0.6 is 11.6 Å². The number of hydrogen-bond acceptors (Lipinski definition) is 4. The van der Waals surface area contributed by atoms with Crippen LogP contribution in [0.5, 0.6) is 0 Å². The SMILES string of the molecule is [N-]=[N+]=NCCS(=O)(=O)c1ccc(-c2cc(-c3ccncc3)c(-c3cccc(Cl)c3)[nH]2)cc1. The molecular weight excluding hydrogens is 446 g/mol. The van der Waals surface area contributed by atoms with Gasteiger partial charge in [0.05, 0.1) is 16.3 Å². The van der Waals surface area contributed by atoms with E-state index in [0.29, 0.717) is 5.02 Å². The fourth-order valence-electron chi connectivity index (χ4n) is 3.41. The Morgan fingerprint density at radius 1 is 0.969 bits per heavy atom. The fraction of sp³-hybridized carbons (Fsp3) is 0.0870. The second kappa shape index (κ2) is 9.28. The molecule has 0 spiro atoms. The van der Waals surface area contributed by atoms with Gasteiger partial charge in [0.15, 0.2) is 9.84 Å². The van der Waals surface area contributed by atoms with Crippen LogP contribution in [0.3, 0.4) is 0 Å². The highest BCUT2D eigenvalue weighted by Gasteiger charge is 2.16. The topological polar surface area (TPSA) is 112 Å². The molecule has 0 fully saturated rings. The van der Waals surface area contributed by atoms with Crippen LogP contribution in [0.15, 0.2) is 89.1 Å². The number of sulfone groups is 1. The van der Waals surface area contributed by atoms with Crippen LogP contribution < -0.4 is 0 Å². The molecule has 2 heterocycles. The van der Waals surface area contributed by atoms with Gasteiger partial charge in [-0.05, 0) is 59.1 Å². The summed E-state index contributed by atoms with van der Waals surface area (Å²) in [6, 6.07) is 20.1. The van der Waals surface area contributed by atoms with Gasteiger partial charge in [-0.1, -0.05) is 41.0 Å². The molecule has 2 aromatic heterocycles. The number of pyridine rings is 1. The van der Waals surface area contributed by atoms with Crippen molar-refractivity contribution < 1.29 is 8.42 Å². The molecule has 1 N–H and O–H groups in total. The quantitative estimate of drug-likeness (QED) is 0.201. The summed E-state index contributed by atoms with van der Waals surface area (Å²) in [7, 11) is -3.52. The van der Waals surface area contributed by atoms with Crippen LogP contribution in [0.4, 0.5) is 0 Å². The highest BCUT2D eigenvalue weighted by atomic mass is 35.5. The molecule has 0 aliphatic heterocycles. The Labute approximate surface area is 190 Å². The van der Waals surface area contributed by atoms with E-state index in [1.807, 2.05) is 42.5 Å². The average molecular weight is 464 g/mol. The number of hydrogen-bond donors (Lipinski definition) is 1. The third kappa shape index (κ3) is 4.68. The lowest BCUT2D eigenvalue weighted by Gasteiger charge is -2.05. The predicted octanol–water partition coefficient (Wildman–Crippen LogP) is 6.15. The number of azide groups is 1. The van der Waals surface area contributed by atoms with E-state index in [-0.39, 0.29) is 17.2 Å². The van der Waals surface area contributed by atoms with Crippen molar-refractivity contribution in [3.05, 3.63) is 94.6 Å². The van der Waals surface area contributed by atoms with Crippen molar-refractivity contribution in [3.8, 4) is 33.6 Å². The first-order valence-corrected chi connectivity index (χ1v) is 11.7. The molecule has 2 aromatic carbocycles. The molecule has 7 nitrogen and oxygen atoms in total. The smallest absolute Gasteiger partial charge is 0.178 e. The number of rotatable bonds is 7. The zero-order valence-electron chi connectivity index (χ0n) is 16.8. The second-order valence-corrected chi connectivity index (χ2v) is 9.56. The predicted molar refractivity (Wildman–Crippen MR) is 126 cm³/mol. The number of aromatic amines is 1. The molecule has 0 saturated carbocycles. The maximum absolute atomic E-state index is 12.4. The molecule has 0 aliphatic rings. The second-order valence-electron chi connectivity index (χ2n) is 7.02. The minimum Gasteiger partial charge on any atom is -0.354 e. The Bertz CT molecular complexity index is 1390. The minimum absolute atomic E-state index is 0.102.